The van der Waals surface area contributed by atoms with E-state index in [0.29, 0.717) is 9.80 Å². The van der Waals surface area contributed by atoms with E-state index in [4.69, 9.17) is 23.2 Å². The number of alkyl halides is 3. The van der Waals surface area contributed by atoms with Gasteiger partial charge in [0.1, 0.15) is 13.1 Å². The van der Waals surface area contributed by atoms with Crippen molar-refractivity contribution in [3.63, 3.8) is 0 Å². The molecule has 0 bridgehead atoms. The van der Waals surface area contributed by atoms with Crippen LogP contribution in [0.4, 0.5) is 13.2 Å². The van der Waals surface area contributed by atoms with Crippen LogP contribution in [0.25, 0.3) is 0 Å². The maximum absolute atomic E-state index is 12.6. The zero-order valence-electron chi connectivity index (χ0n) is 12.6. The molecule has 0 N–H and O–H groups in total. The number of nitrogens with zero attached hydrogens (tertiary/aromatic N) is 2. The Bertz CT molecular complexity index is 724. The van der Waals surface area contributed by atoms with Gasteiger partial charge in [-0.2, -0.15) is 13.2 Å². The molecule has 0 saturated carbocycles. The third-order valence-electron chi connectivity index (χ3n) is 3.38. The summed E-state index contributed by atoms with van der Waals surface area (Å²) in [6.45, 7) is 0.569. The molecule has 0 unspecified atom stereocenters. The molecule has 0 radical (unpaired) electrons. The van der Waals surface area contributed by atoms with E-state index in [-0.39, 0.29) is 27.7 Å². The van der Waals surface area contributed by atoms with E-state index in [1.807, 2.05) is 0 Å². The van der Waals surface area contributed by atoms with E-state index >= 15 is 0 Å². The van der Waals surface area contributed by atoms with Gasteiger partial charge in [-0.1, -0.05) is 29.3 Å². The maximum Gasteiger partial charge on any atom is 0.406 e. The minimum Gasteiger partial charge on any atom is -0.328 e. The second kappa shape index (κ2) is 7.05. The van der Waals surface area contributed by atoms with Crippen LogP contribution < -0.4 is 0 Å². The van der Waals surface area contributed by atoms with Gasteiger partial charge in [-0.25, -0.2) is 0 Å². The van der Waals surface area contributed by atoms with Crippen LogP contribution in [0.3, 0.4) is 0 Å². The lowest BCUT2D eigenvalue weighted by atomic mass is 10.1. The van der Waals surface area contributed by atoms with Crippen molar-refractivity contribution < 1.29 is 27.6 Å². The SMILES string of the molecule is C=CCN(CC(F)(F)F)C(=O)CN1C(=O)c2cc(Cl)c(Cl)cc2C1=O. The number of carbonyl (C=O) groups excluding carboxylic acids is 3. The predicted molar refractivity (Wildman–Crippen MR) is 84.7 cm³/mol. The summed E-state index contributed by atoms with van der Waals surface area (Å²) in [6, 6.07) is 2.36. The second-order valence-electron chi connectivity index (χ2n) is 5.19. The average molecular weight is 395 g/mol. The molecule has 0 saturated heterocycles. The van der Waals surface area contributed by atoms with E-state index in [1.54, 1.807) is 0 Å². The monoisotopic (exact) mass is 394 g/mol. The Morgan fingerprint density at radius 3 is 2.04 bits per heavy atom. The molecule has 0 aromatic heterocycles. The number of carbonyl (C=O) groups is 3. The quantitative estimate of drug-likeness (QED) is 0.569. The van der Waals surface area contributed by atoms with Crippen LogP contribution in [0.1, 0.15) is 20.7 Å². The van der Waals surface area contributed by atoms with Crippen LogP contribution in [0, 0.1) is 0 Å². The first-order chi connectivity index (χ1) is 11.5. The topological polar surface area (TPSA) is 57.7 Å². The summed E-state index contributed by atoms with van der Waals surface area (Å²) in [7, 11) is 0. The van der Waals surface area contributed by atoms with Gasteiger partial charge in [0.25, 0.3) is 11.8 Å². The van der Waals surface area contributed by atoms with Crippen molar-refractivity contribution in [3.8, 4) is 0 Å². The Morgan fingerprint density at radius 1 is 1.16 bits per heavy atom. The molecule has 2 rings (SSSR count). The van der Waals surface area contributed by atoms with E-state index < -0.39 is 37.0 Å². The first-order valence-electron chi connectivity index (χ1n) is 6.86. The van der Waals surface area contributed by atoms with Gasteiger partial charge in [-0.15, -0.1) is 6.58 Å². The highest BCUT2D eigenvalue weighted by molar-refractivity contribution is 6.43. The van der Waals surface area contributed by atoms with Crippen molar-refractivity contribution in [2.24, 2.45) is 0 Å². The summed E-state index contributed by atoms with van der Waals surface area (Å²) in [4.78, 5) is 37.7. The third-order valence-corrected chi connectivity index (χ3v) is 4.10. The predicted octanol–water partition coefficient (Wildman–Crippen LogP) is 3.17. The summed E-state index contributed by atoms with van der Waals surface area (Å²) < 4.78 is 37.7. The van der Waals surface area contributed by atoms with E-state index in [2.05, 4.69) is 6.58 Å². The fourth-order valence-electron chi connectivity index (χ4n) is 2.29. The number of benzene rings is 1. The highest BCUT2D eigenvalue weighted by atomic mass is 35.5. The van der Waals surface area contributed by atoms with Gasteiger partial charge in [0.2, 0.25) is 5.91 Å². The summed E-state index contributed by atoms with van der Waals surface area (Å²) in [5.41, 5.74) is -0.114. The lowest BCUT2D eigenvalue weighted by Gasteiger charge is -2.24. The maximum atomic E-state index is 12.6. The number of imide groups is 1. The molecule has 1 aromatic carbocycles. The van der Waals surface area contributed by atoms with Gasteiger partial charge in [-0.3, -0.25) is 19.3 Å². The molecule has 0 atom stereocenters. The molecular weight excluding hydrogens is 384 g/mol. The van der Waals surface area contributed by atoms with Crippen molar-refractivity contribution in [1.29, 1.82) is 0 Å². The lowest BCUT2D eigenvalue weighted by Crippen LogP contribution is -2.46. The van der Waals surface area contributed by atoms with Gasteiger partial charge >= 0.3 is 6.18 Å². The fourth-order valence-corrected chi connectivity index (χ4v) is 2.62. The zero-order chi connectivity index (χ0) is 18.9. The highest BCUT2D eigenvalue weighted by Crippen LogP contribution is 2.31. The average Bonchev–Trinajstić information content (AvgIpc) is 2.71. The van der Waals surface area contributed by atoms with Crippen LogP contribution in [-0.4, -0.2) is 53.3 Å². The molecule has 10 heteroatoms. The van der Waals surface area contributed by atoms with Crippen molar-refractivity contribution in [2.45, 2.75) is 6.18 Å². The summed E-state index contributed by atoms with van der Waals surface area (Å²) in [5, 5.41) is 0.0835. The Labute approximate surface area is 150 Å². The molecule has 5 nitrogen and oxygen atoms in total. The molecule has 1 aliphatic heterocycles. The van der Waals surface area contributed by atoms with Gasteiger partial charge in [0.05, 0.1) is 21.2 Å². The Kier molecular flexibility index (Phi) is 5.43. The smallest absolute Gasteiger partial charge is 0.328 e. The van der Waals surface area contributed by atoms with Crippen LogP contribution in [-0.2, 0) is 4.79 Å². The van der Waals surface area contributed by atoms with E-state index in [9.17, 15) is 27.6 Å². The first kappa shape index (κ1) is 19.3. The van der Waals surface area contributed by atoms with Crippen LogP contribution in [0.15, 0.2) is 24.8 Å². The second-order valence-corrected chi connectivity index (χ2v) is 6.00. The molecule has 134 valence electrons. The molecule has 0 aliphatic carbocycles. The Balaban J connectivity index is 2.22. The summed E-state index contributed by atoms with van der Waals surface area (Å²) in [6.07, 6.45) is -3.51. The number of halogens is 5. The number of amides is 3. The number of hydrogen-bond donors (Lipinski definition) is 0. The van der Waals surface area contributed by atoms with Crippen molar-refractivity contribution >= 4 is 40.9 Å². The molecule has 25 heavy (non-hydrogen) atoms. The first-order valence-corrected chi connectivity index (χ1v) is 7.61. The molecule has 1 heterocycles. The number of rotatable bonds is 5. The number of hydrogen-bond acceptors (Lipinski definition) is 3. The van der Waals surface area contributed by atoms with E-state index in [1.165, 1.54) is 12.1 Å². The van der Waals surface area contributed by atoms with Crippen molar-refractivity contribution in [2.75, 3.05) is 19.6 Å². The number of fused-ring (bicyclic) bond motifs is 1. The lowest BCUT2D eigenvalue weighted by molar-refractivity contribution is -0.160. The van der Waals surface area contributed by atoms with Gasteiger partial charge in [0.15, 0.2) is 0 Å². The molecule has 3 amide bonds. The van der Waals surface area contributed by atoms with Gasteiger partial charge in [0, 0.05) is 6.54 Å². The molecule has 0 spiro atoms. The Hall–Kier alpha value is -2.06. The van der Waals surface area contributed by atoms with Gasteiger partial charge in [-0.05, 0) is 12.1 Å². The van der Waals surface area contributed by atoms with Crippen molar-refractivity contribution in [3.05, 3.63) is 46.0 Å². The van der Waals surface area contributed by atoms with Crippen LogP contribution in [0.2, 0.25) is 10.0 Å². The molecule has 0 fully saturated rings. The third kappa shape index (κ3) is 4.13. The summed E-state index contributed by atoms with van der Waals surface area (Å²) >= 11 is 11.6. The van der Waals surface area contributed by atoms with E-state index in [0.717, 1.165) is 6.08 Å². The molecule has 1 aliphatic rings. The standard InChI is InChI=1S/C15H11Cl2F3N2O3/c1-2-3-21(7-15(18,19)20)12(23)6-22-13(24)8-4-10(16)11(17)5-9(8)14(22)25/h2,4-5H,1,3,6-7H2. The van der Waals surface area contributed by atoms with Crippen molar-refractivity contribution in [1.82, 2.24) is 9.80 Å². The normalized spacial score (nSPS) is 13.9. The summed E-state index contributed by atoms with van der Waals surface area (Å²) in [5.74, 6) is -2.68. The molecular formula is C15H11Cl2F3N2O3. The largest absolute Gasteiger partial charge is 0.406 e. The minimum atomic E-state index is -4.62. The fraction of sp³-hybridized carbons (Fsp3) is 0.267. The highest BCUT2D eigenvalue weighted by Gasteiger charge is 2.39. The van der Waals surface area contributed by atoms with Crippen LogP contribution in [0.5, 0.6) is 0 Å². The minimum absolute atomic E-state index is 0.0418. The zero-order valence-corrected chi connectivity index (χ0v) is 14.1. The van der Waals surface area contributed by atoms with Crippen LogP contribution >= 0.6 is 23.2 Å². The molecule has 1 aromatic rings. The van der Waals surface area contributed by atoms with Gasteiger partial charge < -0.3 is 4.90 Å². The Morgan fingerprint density at radius 2 is 1.64 bits per heavy atom.